The first-order valence-electron chi connectivity index (χ1n) is 1.79. The fraction of sp³-hybridized carbons (Fsp3) is 0. The molecule has 0 amide bonds. The molecule has 0 aliphatic carbocycles. The third-order valence-electron chi connectivity index (χ3n) is 0.513. The molecule has 0 N–H and O–H groups in total. The zero-order chi connectivity index (χ0) is 5.98. The van der Waals surface area contributed by atoms with Crippen molar-refractivity contribution < 1.29 is 0 Å². The van der Waals surface area contributed by atoms with Gasteiger partial charge in [0.05, 0.1) is 0 Å². The number of hydrogen-bond donors (Lipinski definition) is 0. The Morgan fingerprint density at radius 3 is 1.78 bits per heavy atom. The van der Waals surface area contributed by atoms with Gasteiger partial charge in [0, 0.05) is 0 Å². The molecule has 6 heteroatoms. The van der Waals surface area contributed by atoms with Gasteiger partial charge in [0.25, 0.3) is 0 Å². The number of halogens is 2. The summed E-state index contributed by atoms with van der Waals surface area (Å²) in [4.78, 5) is 10.5. The molecule has 0 spiro atoms. The molecule has 0 aromatic carbocycles. The minimum atomic E-state index is 0. The second kappa shape index (κ2) is 4.41. The molecular weight excluding hydrogens is 172 g/mol. The van der Waals surface area contributed by atoms with Crippen molar-refractivity contribution in [3.05, 3.63) is 16.9 Å². The van der Waals surface area contributed by atoms with E-state index in [9.17, 15) is 0 Å². The summed E-state index contributed by atoms with van der Waals surface area (Å²) in [7, 11) is 0. The van der Waals surface area contributed by atoms with E-state index in [1.165, 1.54) is 6.33 Å². The summed E-state index contributed by atoms with van der Waals surface area (Å²) < 4.78 is 0. The van der Waals surface area contributed by atoms with Gasteiger partial charge in [-0.15, -0.1) is 0 Å². The predicted octanol–water partition coefficient (Wildman–Crippen LogP) is 0.530. The van der Waals surface area contributed by atoms with Crippen molar-refractivity contribution in [3.8, 4) is 0 Å². The molecule has 0 fully saturated rings. The van der Waals surface area contributed by atoms with Crippen molar-refractivity contribution in [1.29, 1.82) is 0 Å². The van der Waals surface area contributed by atoms with Crippen LogP contribution in [-0.2, 0) is 0 Å². The minimum absolute atomic E-state index is 0. The molecule has 1 rings (SSSR count). The van der Waals surface area contributed by atoms with E-state index in [0.29, 0.717) is 0 Å². The van der Waals surface area contributed by atoms with Crippen molar-refractivity contribution in [2.75, 3.05) is 0 Å². The molecule has 0 radical (unpaired) electrons. The van der Waals surface area contributed by atoms with Gasteiger partial charge in [-0.05, 0) is 23.2 Å². The Morgan fingerprint density at radius 1 is 1.11 bits per heavy atom. The molecule has 9 heavy (non-hydrogen) atoms. The first-order chi connectivity index (χ1) is 3.79. The van der Waals surface area contributed by atoms with Crippen LogP contribution in [0.5, 0.6) is 0 Å². The van der Waals surface area contributed by atoms with Gasteiger partial charge in [-0.2, -0.15) is 4.98 Å². The summed E-state index contributed by atoms with van der Waals surface area (Å²) in [5.74, 6) is 0. The van der Waals surface area contributed by atoms with Crippen molar-refractivity contribution in [3.63, 3.8) is 0 Å². The van der Waals surface area contributed by atoms with Crippen LogP contribution in [0, 0.1) is 0 Å². The Hall–Kier alpha value is 0.590. The van der Waals surface area contributed by atoms with E-state index in [-0.39, 0.29) is 40.1 Å². The van der Waals surface area contributed by atoms with E-state index in [4.69, 9.17) is 23.2 Å². The molecule has 0 saturated carbocycles. The molecule has 0 atom stereocenters. The summed E-state index contributed by atoms with van der Waals surface area (Å²) >= 11 is 10.6. The fourth-order valence-electron chi connectivity index (χ4n) is 0.258. The zero-order valence-electron chi connectivity index (χ0n) is 3.67. The Kier molecular flexibility index (Phi) is 4.70. The molecule has 1 aromatic heterocycles. The Balaban J connectivity index is 0.000000640. The van der Waals surface area contributed by atoms with Crippen LogP contribution in [0.15, 0.2) is 6.33 Å². The maximum atomic E-state index is 5.30. The van der Waals surface area contributed by atoms with Crippen molar-refractivity contribution >= 4 is 52.8 Å². The van der Waals surface area contributed by atoms with E-state index in [0.717, 1.165) is 0 Å². The third-order valence-corrected chi connectivity index (χ3v) is 0.877. The van der Waals surface area contributed by atoms with Crippen LogP contribution >= 0.6 is 23.2 Å². The van der Waals surface area contributed by atoms with Crippen LogP contribution in [-0.4, -0.2) is 44.5 Å². The summed E-state index contributed by atoms with van der Waals surface area (Å²) in [6.07, 6.45) is 1.25. The maximum absolute atomic E-state index is 5.30. The first-order valence-corrected chi connectivity index (χ1v) is 2.54. The average Bonchev–Trinajstić information content (AvgIpc) is 1.64. The molecule has 0 saturated heterocycles. The van der Waals surface area contributed by atoms with Crippen molar-refractivity contribution in [1.82, 2.24) is 15.0 Å². The molecule has 1 aromatic rings. The SMILES string of the molecule is Clc1ncnc(Cl)n1.[NaH]. The Bertz CT molecular complexity index is 177. The summed E-state index contributed by atoms with van der Waals surface area (Å²) in [5, 5.41) is 0.231. The van der Waals surface area contributed by atoms with E-state index in [1.807, 2.05) is 0 Å². The van der Waals surface area contributed by atoms with Gasteiger partial charge in [0.1, 0.15) is 6.33 Å². The van der Waals surface area contributed by atoms with Crippen LogP contribution < -0.4 is 0 Å². The standard InChI is InChI=1S/C3HCl2N3.Na.H/c4-2-6-1-7-3(5)8-2;;/h1H;;. The van der Waals surface area contributed by atoms with Crippen molar-refractivity contribution in [2.24, 2.45) is 0 Å². The molecule has 0 aliphatic rings. The number of hydrogen-bond acceptors (Lipinski definition) is 3. The molecule has 0 aliphatic heterocycles. The monoisotopic (exact) mass is 173 g/mol. The number of aromatic nitrogens is 3. The van der Waals surface area contributed by atoms with E-state index < -0.39 is 0 Å². The molecule has 44 valence electrons. The number of rotatable bonds is 0. The summed E-state index contributed by atoms with van der Waals surface area (Å²) in [6, 6.07) is 0. The molecule has 0 unspecified atom stereocenters. The molecule has 0 bridgehead atoms. The third kappa shape index (κ3) is 3.33. The average molecular weight is 174 g/mol. The van der Waals surface area contributed by atoms with Crippen LogP contribution in [0.2, 0.25) is 10.6 Å². The van der Waals surface area contributed by atoms with E-state index >= 15 is 0 Å². The Morgan fingerprint density at radius 2 is 1.56 bits per heavy atom. The quantitative estimate of drug-likeness (QED) is 0.538. The Labute approximate surface area is 84.1 Å². The predicted molar refractivity (Wildman–Crippen MR) is 37.0 cm³/mol. The molecular formula is C3H2Cl2N3Na. The number of nitrogens with zero attached hydrogens (tertiary/aromatic N) is 3. The normalized spacial score (nSPS) is 8.22. The van der Waals surface area contributed by atoms with Gasteiger partial charge in [-0.25, -0.2) is 9.97 Å². The summed E-state index contributed by atoms with van der Waals surface area (Å²) in [6.45, 7) is 0. The topological polar surface area (TPSA) is 38.7 Å². The second-order valence-corrected chi connectivity index (χ2v) is 1.70. The fourth-order valence-corrected chi connectivity index (χ4v) is 0.549. The van der Waals surface area contributed by atoms with Crippen LogP contribution in [0.25, 0.3) is 0 Å². The van der Waals surface area contributed by atoms with Gasteiger partial charge < -0.3 is 0 Å². The van der Waals surface area contributed by atoms with Gasteiger partial charge in [-0.3, -0.25) is 0 Å². The summed E-state index contributed by atoms with van der Waals surface area (Å²) in [5.41, 5.74) is 0. The van der Waals surface area contributed by atoms with E-state index in [2.05, 4.69) is 15.0 Å². The molecule has 1 heterocycles. The van der Waals surface area contributed by atoms with Crippen LogP contribution in [0.3, 0.4) is 0 Å². The van der Waals surface area contributed by atoms with Crippen LogP contribution in [0.4, 0.5) is 0 Å². The van der Waals surface area contributed by atoms with Gasteiger partial charge in [0.15, 0.2) is 0 Å². The van der Waals surface area contributed by atoms with Crippen LogP contribution in [0.1, 0.15) is 0 Å². The first kappa shape index (κ1) is 9.59. The zero-order valence-corrected chi connectivity index (χ0v) is 5.19. The molecule has 3 nitrogen and oxygen atoms in total. The van der Waals surface area contributed by atoms with Gasteiger partial charge in [-0.1, -0.05) is 0 Å². The van der Waals surface area contributed by atoms with Crippen molar-refractivity contribution in [2.45, 2.75) is 0 Å². The van der Waals surface area contributed by atoms with Gasteiger partial charge >= 0.3 is 29.6 Å². The second-order valence-electron chi connectivity index (χ2n) is 1.02. The van der Waals surface area contributed by atoms with Gasteiger partial charge in [0.2, 0.25) is 10.6 Å². The van der Waals surface area contributed by atoms with E-state index in [1.54, 1.807) is 0 Å².